The fourth-order valence-electron chi connectivity index (χ4n) is 16.4. The molecule has 0 radical (unpaired) electrons. The van der Waals surface area contributed by atoms with Gasteiger partial charge in [0.25, 0.3) is 0 Å². The molecule has 0 aromatic heterocycles. The summed E-state index contributed by atoms with van der Waals surface area (Å²) in [5.74, 6) is 7.56. The summed E-state index contributed by atoms with van der Waals surface area (Å²) in [6, 6.07) is 29.0. The van der Waals surface area contributed by atoms with E-state index in [1.807, 2.05) is 5.56 Å². The normalized spacial score (nSPS) is 37.4. The van der Waals surface area contributed by atoms with Crippen LogP contribution in [0.5, 0.6) is 0 Å². The molecule has 2 N–H and O–H groups in total. The van der Waals surface area contributed by atoms with Crippen molar-refractivity contribution < 1.29 is 0 Å². The lowest BCUT2D eigenvalue weighted by atomic mass is 9.55. The summed E-state index contributed by atoms with van der Waals surface area (Å²) in [6.07, 6.45) is 27.1. The quantitative estimate of drug-likeness (QED) is 0.178. The number of nitrogens with one attached hydrogen (secondary N) is 2. The van der Waals surface area contributed by atoms with Gasteiger partial charge in [0.2, 0.25) is 0 Å². The summed E-state index contributed by atoms with van der Waals surface area (Å²) in [5.41, 5.74) is 9.44. The van der Waals surface area contributed by atoms with Gasteiger partial charge in [-0.25, -0.2) is 0 Å². The second kappa shape index (κ2) is 15.1. The van der Waals surface area contributed by atoms with Gasteiger partial charge in [-0.2, -0.15) is 0 Å². The molecule has 58 heavy (non-hydrogen) atoms. The third-order valence-corrected chi connectivity index (χ3v) is 25.6. The summed E-state index contributed by atoms with van der Waals surface area (Å²) in [5, 5.41) is 9.49. The first-order valence-corrected chi connectivity index (χ1v) is 27.5. The predicted molar refractivity (Wildman–Crippen MR) is 249 cm³/mol. The third kappa shape index (κ3) is 6.87. The predicted octanol–water partition coefficient (Wildman–Crippen LogP) is 13.7. The highest BCUT2D eigenvalue weighted by atomic mass is 31.1. The molecule has 13 rings (SSSR count). The van der Waals surface area contributed by atoms with Gasteiger partial charge < -0.3 is 10.6 Å². The van der Waals surface area contributed by atoms with Crippen molar-refractivity contribution in [2.45, 2.75) is 175 Å². The topological polar surface area (TPSA) is 24.1 Å². The Morgan fingerprint density at radius 2 is 0.879 bits per heavy atom. The molecule has 4 heteroatoms. The molecular weight excluding hydrogens is 739 g/mol. The van der Waals surface area contributed by atoms with E-state index in [4.69, 9.17) is 0 Å². The molecule has 2 atom stereocenters. The van der Waals surface area contributed by atoms with E-state index in [1.54, 1.807) is 93.7 Å². The maximum absolute atomic E-state index is 4.11. The molecule has 8 aliphatic carbocycles. The van der Waals surface area contributed by atoms with Gasteiger partial charge in [-0.1, -0.05) is 116 Å². The Labute approximate surface area is 355 Å². The minimum atomic E-state index is -0.234. The summed E-state index contributed by atoms with van der Waals surface area (Å²) in [7, 11) is -0.388. The molecule has 2 saturated heterocycles. The van der Waals surface area contributed by atoms with Gasteiger partial charge in [-0.05, 0) is 207 Å². The molecule has 8 bridgehead atoms. The van der Waals surface area contributed by atoms with Crippen molar-refractivity contribution in [1.82, 2.24) is 10.6 Å². The molecule has 8 saturated carbocycles. The van der Waals surface area contributed by atoms with Crippen LogP contribution in [0.25, 0.3) is 0 Å². The molecule has 3 aromatic rings. The van der Waals surface area contributed by atoms with Crippen LogP contribution in [0, 0.1) is 35.5 Å². The van der Waals surface area contributed by atoms with E-state index in [-0.39, 0.29) is 26.7 Å². The Morgan fingerprint density at radius 3 is 1.22 bits per heavy atom. The Kier molecular flexibility index (Phi) is 10.2. The fraction of sp³-hybridized carbons (Fsp3) is 0.667. The van der Waals surface area contributed by atoms with Gasteiger partial charge in [0.1, 0.15) is 0 Å². The Bertz CT molecular complexity index is 1810. The van der Waals surface area contributed by atoms with Crippen LogP contribution in [0.4, 0.5) is 0 Å². The number of hydrogen-bond donors (Lipinski definition) is 2. The van der Waals surface area contributed by atoms with Crippen LogP contribution in [0.1, 0.15) is 164 Å². The average molecular weight is 813 g/mol. The largest absolute Gasteiger partial charge is 0.310 e. The molecule has 10 fully saturated rings. The maximum atomic E-state index is 4.11. The Balaban J connectivity index is 1.11. The number of rotatable bonds is 12. The molecule has 2 heterocycles. The van der Waals surface area contributed by atoms with Crippen molar-refractivity contribution >= 4 is 15.8 Å². The van der Waals surface area contributed by atoms with Crippen LogP contribution in [-0.4, -0.2) is 35.0 Å². The van der Waals surface area contributed by atoms with E-state index in [1.165, 1.54) is 62.2 Å². The van der Waals surface area contributed by atoms with Crippen LogP contribution in [0.2, 0.25) is 0 Å². The van der Waals surface area contributed by atoms with Gasteiger partial charge >= 0.3 is 0 Å². The minimum Gasteiger partial charge on any atom is -0.310 e. The van der Waals surface area contributed by atoms with E-state index in [0.717, 1.165) is 35.5 Å². The zero-order valence-corrected chi connectivity index (χ0v) is 38.4. The second-order valence-corrected chi connectivity index (χ2v) is 28.6. The summed E-state index contributed by atoms with van der Waals surface area (Å²) >= 11 is 0. The van der Waals surface area contributed by atoms with Crippen molar-refractivity contribution in [2.24, 2.45) is 35.5 Å². The van der Waals surface area contributed by atoms with Crippen molar-refractivity contribution in [3.63, 3.8) is 0 Å². The molecule has 310 valence electrons. The molecule has 2 nitrogen and oxygen atoms in total. The minimum absolute atomic E-state index is 0.106. The van der Waals surface area contributed by atoms with Gasteiger partial charge in [0.15, 0.2) is 0 Å². The lowest BCUT2D eigenvalue weighted by Crippen LogP contribution is -2.56. The monoisotopic (exact) mass is 813 g/mol. The summed E-state index contributed by atoms with van der Waals surface area (Å²) in [4.78, 5) is 0. The molecular formula is C54H74N2P2. The fourth-order valence-corrected chi connectivity index (χ4v) is 24.9. The molecule has 3 aromatic carbocycles. The maximum Gasteiger partial charge on any atom is 0.0286 e. The molecule has 2 unspecified atom stereocenters. The lowest BCUT2D eigenvalue weighted by Gasteiger charge is -2.67. The van der Waals surface area contributed by atoms with Gasteiger partial charge in [-0.3, -0.25) is 0 Å². The van der Waals surface area contributed by atoms with Gasteiger partial charge in [0, 0.05) is 22.4 Å². The zero-order chi connectivity index (χ0) is 39.3. The van der Waals surface area contributed by atoms with Crippen LogP contribution in [-0.2, 0) is 23.2 Å². The molecule has 0 spiro atoms. The van der Waals surface area contributed by atoms with Crippen molar-refractivity contribution in [3.05, 3.63) is 106 Å². The average Bonchev–Trinajstić information content (AvgIpc) is 3.95. The van der Waals surface area contributed by atoms with E-state index >= 15 is 0 Å². The first-order chi connectivity index (χ1) is 28.1. The Morgan fingerprint density at radius 1 is 0.517 bits per heavy atom. The molecule has 0 amide bonds. The summed E-state index contributed by atoms with van der Waals surface area (Å²) < 4.78 is 0. The molecule has 2 aliphatic heterocycles. The Hall–Kier alpha value is -1.56. The zero-order valence-electron chi connectivity index (χ0n) is 36.6. The smallest absolute Gasteiger partial charge is 0.0286 e. The highest BCUT2D eigenvalue weighted by Gasteiger charge is 2.62. The van der Waals surface area contributed by atoms with E-state index in [9.17, 15) is 0 Å². The summed E-state index contributed by atoms with van der Waals surface area (Å²) in [6.45, 7) is 12.6. The van der Waals surface area contributed by atoms with Gasteiger partial charge in [-0.15, -0.1) is 0 Å². The lowest BCUT2D eigenvalue weighted by molar-refractivity contribution is 0.0184. The highest BCUT2D eigenvalue weighted by Crippen LogP contribution is 2.80. The van der Waals surface area contributed by atoms with Crippen molar-refractivity contribution in [3.8, 4) is 0 Å². The van der Waals surface area contributed by atoms with E-state index in [0.29, 0.717) is 21.9 Å². The van der Waals surface area contributed by atoms with Crippen LogP contribution in [0.15, 0.2) is 72.8 Å². The van der Waals surface area contributed by atoms with Gasteiger partial charge in [0.05, 0.1) is 0 Å². The van der Waals surface area contributed by atoms with E-state index < -0.39 is 0 Å². The first-order valence-electron chi connectivity index (χ1n) is 24.3. The number of hydrogen-bond acceptors (Lipinski definition) is 2. The van der Waals surface area contributed by atoms with Crippen LogP contribution < -0.4 is 10.6 Å². The standard InChI is InChI=1S/C54H74N2P2/c1-51(2,45-13-7-5-8-14-45)47-27-43(35-57(49-17-11-19-55-49)50-18-12-20-56-50)44(28-48(47)52(3,4)46-15-9-6-10-16-46)36-58(53-29-37-21-38(30-53)23-39(22-37)31-53)54-32-40-24-41(33-54)26-42(25-40)34-54/h5-10,13-16,27-28,37-42,49-50,55-56H,11-12,17-26,29-36H2,1-4H3. The SMILES string of the molecule is CC(C)(c1ccccc1)c1cc(CP(C2CCCN2)C2CCCN2)c(CP(C23CC4CC(CC(C4)C2)C3)C23CC4CC(CC(C4)C2)C3)cc1C(C)(C)c1ccccc1. The van der Waals surface area contributed by atoms with Crippen LogP contribution in [0.3, 0.4) is 0 Å². The highest BCUT2D eigenvalue weighted by molar-refractivity contribution is 7.60. The van der Waals surface area contributed by atoms with E-state index in [2.05, 4.69) is 111 Å². The van der Waals surface area contributed by atoms with Crippen molar-refractivity contribution in [2.75, 3.05) is 13.1 Å². The first kappa shape index (κ1) is 39.3. The second-order valence-electron chi connectivity index (χ2n) is 22.9. The molecule has 10 aliphatic rings. The number of benzene rings is 3. The third-order valence-electron chi connectivity index (χ3n) is 18.4. The van der Waals surface area contributed by atoms with Crippen molar-refractivity contribution in [1.29, 1.82) is 0 Å². The van der Waals surface area contributed by atoms with Crippen LogP contribution >= 0.6 is 15.8 Å².